The van der Waals surface area contributed by atoms with Gasteiger partial charge in [-0.2, -0.15) is 0 Å². The molecule has 0 heterocycles. The van der Waals surface area contributed by atoms with Crippen molar-refractivity contribution in [3.05, 3.63) is 23.8 Å². The molecule has 86 valence electrons. The molecule has 0 aliphatic heterocycles. The molecule has 0 aromatic heterocycles. The molecular weight excluding hydrogens is 213 g/mol. The zero-order chi connectivity index (χ0) is 12.1. The lowest BCUT2D eigenvalue weighted by Crippen LogP contribution is -2.20. The minimum absolute atomic E-state index is 0.150. The van der Waals surface area contributed by atoms with Gasteiger partial charge in [0.1, 0.15) is 5.75 Å². The summed E-state index contributed by atoms with van der Waals surface area (Å²) in [5, 5.41) is 17.1. The number of benzene rings is 1. The summed E-state index contributed by atoms with van der Waals surface area (Å²) in [6, 6.07) is 4.10. The molecule has 0 atom stereocenters. The van der Waals surface area contributed by atoms with E-state index in [9.17, 15) is 4.79 Å². The first kappa shape index (κ1) is 12.3. The normalized spacial score (nSPS) is 9.69. The van der Waals surface area contributed by atoms with Gasteiger partial charge in [-0.25, -0.2) is 4.79 Å². The van der Waals surface area contributed by atoms with Gasteiger partial charge in [-0.1, -0.05) is 0 Å². The Bertz CT molecular complexity index is 382. The summed E-state index contributed by atoms with van der Waals surface area (Å²) in [7, 11) is -1.92. The van der Waals surface area contributed by atoms with E-state index in [-0.39, 0.29) is 23.6 Å². The predicted molar refractivity (Wildman–Crippen MR) is 57.6 cm³/mol. The number of nitrogen functional groups attached to an aromatic ring is 1. The molecule has 7 heteroatoms. The van der Waals surface area contributed by atoms with Crippen LogP contribution in [0, 0.1) is 0 Å². The van der Waals surface area contributed by atoms with Crippen LogP contribution in [0.15, 0.2) is 18.2 Å². The maximum absolute atomic E-state index is 11.4. The van der Waals surface area contributed by atoms with Crippen molar-refractivity contribution in [1.29, 1.82) is 0 Å². The van der Waals surface area contributed by atoms with E-state index in [1.165, 1.54) is 18.2 Å². The van der Waals surface area contributed by atoms with Gasteiger partial charge in [-0.05, 0) is 19.1 Å². The minimum Gasteiger partial charge on any atom is -0.512 e. The van der Waals surface area contributed by atoms with E-state index >= 15 is 0 Å². The summed E-state index contributed by atoms with van der Waals surface area (Å²) in [4.78, 5) is 11.4. The van der Waals surface area contributed by atoms with Crippen molar-refractivity contribution in [2.75, 3.05) is 12.3 Å². The van der Waals surface area contributed by atoms with Crippen LogP contribution in [-0.4, -0.2) is 29.9 Å². The van der Waals surface area contributed by atoms with Crippen LogP contribution < -0.4 is 10.4 Å². The molecule has 0 aliphatic rings. The lowest BCUT2D eigenvalue weighted by Gasteiger charge is -2.08. The Balaban J connectivity index is 2.87. The first-order valence-corrected chi connectivity index (χ1v) is 4.64. The Morgan fingerprint density at radius 1 is 1.50 bits per heavy atom. The summed E-state index contributed by atoms with van der Waals surface area (Å²) in [6.07, 6.45) is 0. The highest BCUT2D eigenvalue weighted by molar-refractivity contribution is 6.33. The van der Waals surface area contributed by atoms with E-state index in [1.54, 1.807) is 6.92 Å². The largest absolute Gasteiger partial charge is 0.707 e. The van der Waals surface area contributed by atoms with Crippen molar-refractivity contribution in [3.63, 3.8) is 0 Å². The maximum Gasteiger partial charge on any atom is 0.707 e. The van der Waals surface area contributed by atoms with Crippen molar-refractivity contribution in [2.45, 2.75) is 6.92 Å². The van der Waals surface area contributed by atoms with Gasteiger partial charge in [0, 0.05) is 11.8 Å². The van der Waals surface area contributed by atoms with E-state index in [1.807, 2.05) is 0 Å². The average molecular weight is 225 g/mol. The zero-order valence-electron chi connectivity index (χ0n) is 8.71. The van der Waals surface area contributed by atoms with Crippen LogP contribution in [0.1, 0.15) is 17.3 Å². The summed E-state index contributed by atoms with van der Waals surface area (Å²) in [6.45, 7) is 1.94. The quantitative estimate of drug-likeness (QED) is 0.372. The Labute approximate surface area is 92.8 Å². The highest BCUT2D eigenvalue weighted by Crippen LogP contribution is 2.20. The first-order valence-electron chi connectivity index (χ1n) is 4.64. The number of esters is 1. The lowest BCUT2D eigenvalue weighted by atomic mass is 10.1. The SMILES string of the molecule is CCOC(=O)c1ccc(OB(O)O)cc1N. The molecule has 1 aromatic rings. The van der Waals surface area contributed by atoms with Crippen molar-refractivity contribution >= 4 is 19.0 Å². The van der Waals surface area contributed by atoms with Crippen molar-refractivity contribution < 1.29 is 24.2 Å². The number of rotatable bonds is 4. The number of carbonyl (C=O) groups is 1. The molecule has 0 radical (unpaired) electrons. The van der Waals surface area contributed by atoms with E-state index in [2.05, 4.69) is 4.65 Å². The van der Waals surface area contributed by atoms with E-state index in [4.69, 9.17) is 20.5 Å². The van der Waals surface area contributed by atoms with Crippen molar-refractivity contribution in [3.8, 4) is 5.75 Å². The van der Waals surface area contributed by atoms with Gasteiger partial charge in [0.25, 0.3) is 0 Å². The first-order chi connectivity index (χ1) is 7.54. The third-order valence-electron chi connectivity index (χ3n) is 1.76. The second kappa shape index (κ2) is 5.38. The topological polar surface area (TPSA) is 102 Å². The maximum atomic E-state index is 11.4. The number of anilines is 1. The van der Waals surface area contributed by atoms with Crippen LogP contribution in [-0.2, 0) is 4.74 Å². The summed E-state index contributed by atoms with van der Waals surface area (Å²) < 4.78 is 9.34. The van der Waals surface area contributed by atoms with Crippen LogP contribution in [0.3, 0.4) is 0 Å². The summed E-state index contributed by atoms with van der Waals surface area (Å²) in [5.74, 6) is -0.378. The summed E-state index contributed by atoms with van der Waals surface area (Å²) >= 11 is 0. The van der Waals surface area contributed by atoms with Gasteiger partial charge in [0.05, 0.1) is 12.2 Å². The highest BCUT2D eigenvalue weighted by atomic mass is 16.6. The fourth-order valence-electron chi connectivity index (χ4n) is 1.13. The van der Waals surface area contributed by atoms with E-state index in [0.717, 1.165) is 0 Å². The standard InChI is InChI=1S/C9H12BNO5/c1-2-15-9(12)7-4-3-6(5-8(7)11)16-10(13)14/h3-5,13-14H,2,11H2,1H3. The van der Waals surface area contributed by atoms with Gasteiger partial charge in [0.2, 0.25) is 0 Å². The number of carbonyl (C=O) groups excluding carboxylic acids is 1. The number of ether oxygens (including phenoxy) is 1. The fraction of sp³-hybridized carbons (Fsp3) is 0.222. The van der Waals surface area contributed by atoms with Crippen LogP contribution in [0.5, 0.6) is 5.75 Å². The third-order valence-corrected chi connectivity index (χ3v) is 1.76. The molecule has 0 bridgehead atoms. The van der Waals surface area contributed by atoms with Gasteiger partial charge in [-0.15, -0.1) is 0 Å². The minimum atomic E-state index is -1.92. The van der Waals surface area contributed by atoms with Crippen LogP contribution in [0.4, 0.5) is 5.69 Å². The van der Waals surface area contributed by atoms with E-state index in [0.29, 0.717) is 0 Å². The number of nitrogens with two attached hydrogens (primary N) is 1. The van der Waals surface area contributed by atoms with Gasteiger partial charge in [-0.3, -0.25) is 0 Å². The number of hydrogen-bond donors (Lipinski definition) is 3. The monoisotopic (exact) mass is 225 g/mol. The molecule has 1 rings (SSSR count). The third kappa shape index (κ3) is 3.14. The highest BCUT2D eigenvalue weighted by Gasteiger charge is 2.15. The Kier molecular flexibility index (Phi) is 4.15. The fourth-order valence-corrected chi connectivity index (χ4v) is 1.13. The van der Waals surface area contributed by atoms with Crippen LogP contribution >= 0.6 is 0 Å². The second-order valence-corrected chi connectivity index (χ2v) is 2.91. The Morgan fingerprint density at radius 2 is 2.19 bits per heavy atom. The molecule has 0 unspecified atom stereocenters. The van der Waals surface area contributed by atoms with Gasteiger partial charge >= 0.3 is 13.3 Å². The molecule has 0 spiro atoms. The zero-order valence-corrected chi connectivity index (χ0v) is 8.71. The molecule has 4 N–H and O–H groups in total. The van der Waals surface area contributed by atoms with E-state index < -0.39 is 13.3 Å². The van der Waals surface area contributed by atoms with Crippen LogP contribution in [0.2, 0.25) is 0 Å². The second-order valence-electron chi connectivity index (χ2n) is 2.91. The lowest BCUT2D eigenvalue weighted by molar-refractivity contribution is 0.0527. The molecule has 0 saturated carbocycles. The molecule has 6 nitrogen and oxygen atoms in total. The number of hydrogen-bond acceptors (Lipinski definition) is 6. The molecule has 0 amide bonds. The molecule has 0 fully saturated rings. The summed E-state index contributed by atoms with van der Waals surface area (Å²) in [5.41, 5.74) is 5.94. The molecule has 0 saturated heterocycles. The predicted octanol–water partition coefficient (Wildman–Crippen LogP) is -0.206. The Hall–Kier alpha value is -1.73. The average Bonchev–Trinajstić information content (AvgIpc) is 2.16. The Morgan fingerprint density at radius 3 is 2.69 bits per heavy atom. The van der Waals surface area contributed by atoms with Crippen molar-refractivity contribution in [2.24, 2.45) is 0 Å². The molecule has 1 aromatic carbocycles. The van der Waals surface area contributed by atoms with Gasteiger partial charge < -0.3 is 25.2 Å². The molecule has 16 heavy (non-hydrogen) atoms. The van der Waals surface area contributed by atoms with Crippen LogP contribution in [0.25, 0.3) is 0 Å². The van der Waals surface area contributed by atoms with Crippen molar-refractivity contribution in [1.82, 2.24) is 0 Å². The smallest absolute Gasteiger partial charge is 0.512 e. The van der Waals surface area contributed by atoms with Gasteiger partial charge in [0.15, 0.2) is 0 Å². The molecular formula is C9H12BNO5. The molecule has 0 aliphatic carbocycles.